The fraction of sp³-hybridized carbons (Fsp3) is 0.292. The number of aromatic nitrogens is 2. The highest BCUT2D eigenvalue weighted by Gasteiger charge is 2.66. The van der Waals surface area contributed by atoms with Crippen molar-refractivity contribution in [3.8, 4) is 0 Å². The molecule has 39 heavy (non-hydrogen) atoms. The number of anilines is 1. The van der Waals surface area contributed by atoms with Crippen LogP contribution in [0.3, 0.4) is 0 Å². The smallest absolute Gasteiger partial charge is 0.366 e. The second-order valence-electron chi connectivity index (χ2n) is 8.91. The van der Waals surface area contributed by atoms with E-state index < -0.39 is 57.2 Å². The van der Waals surface area contributed by atoms with E-state index in [4.69, 9.17) is 5.73 Å². The van der Waals surface area contributed by atoms with Crippen molar-refractivity contribution >= 4 is 27.8 Å². The Labute approximate surface area is 221 Å². The Morgan fingerprint density at radius 1 is 1.10 bits per heavy atom. The van der Waals surface area contributed by atoms with Crippen LogP contribution in [0.15, 0.2) is 54.6 Å². The number of halogens is 4. The van der Waals surface area contributed by atoms with Gasteiger partial charge < -0.3 is 11.1 Å². The molecule has 4 rings (SSSR count). The van der Waals surface area contributed by atoms with E-state index in [1.807, 2.05) is 0 Å². The second kappa shape index (κ2) is 10.4. The Hall–Kier alpha value is -3.82. The quantitative estimate of drug-likeness (QED) is 0.316. The average Bonchev–Trinajstić information content (AvgIpc) is 3.28. The van der Waals surface area contributed by atoms with Crippen LogP contribution in [0.5, 0.6) is 0 Å². The zero-order chi connectivity index (χ0) is 28.7. The summed E-state index contributed by atoms with van der Waals surface area (Å²) in [4.78, 5) is 25.7. The van der Waals surface area contributed by atoms with Gasteiger partial charge in [-0.25, -0.2) is 8.70 Å². The number of nitrogens with one attached hydrogen (secondary N) is 1. The maximum absolute atomic E-state index is 14.4. The molecule has 1 fully saturated rings. The Balaban J connectivity index is 1.79. The normalized spacial score (nSPS) is 17.8. The molecule has 1 amide bonds. The standard InChI is InChI=1S/C24H24F4N6O4S/c1-32(2)39(37,38)34-21(20(23(34)36)24(26,27)28)18-11-19(30-13-15-9-7-14(12-29)8-10-15)33(31-18)22(35)16-5-3-4-6-17(16)25/h3-11,20-21,30H,12-13,29H2,1-2H3. The van der Waals surface area contributed by atoms with E-state index in [1.54, 1.807) is 24.3 Å². The van der Waals surface area contributed by atoms with Crippen molar-refractivity contribution in [2.45, 2.75) is 25.3 Å². The molecular formula is C24H24F4N6O4S. The van der Waals surface area contributed by atoms with Crippen LogP contribution in [0.2, 0.25) is 0 Å². The number of carbonyl (C=O) groups is 2. The van der Waals surface area contributed by atoms with Crippen molar-refractivity contribution in [3.63, 3.8) is 0 Å². The summed E-state index contributed by atoms with van der Waals surface area (Å²) in [5, 5.41) is 6.84. The monoisotopic (exact) mass is 568 g/mol. The summed E-state index contributed by atoms with van der Waals surface area (Å²) < 4.78 is 82.7. The summed E-state index contributed by atoms with van der Waals surface area (Å²) in [7, 11) is -2.51. The number of β-lactam (4-membered cyclic amide) rings is 1. The lowest BCUT2D eigenvalue weighted by molar-refractivity contribution is -0.218. The number of hydrogen-bond acceptors (Lipinski definition) is 7. The molecule has 0 radical (unpaired) electrons. The molecule has 1 aliphatic rings. The van der Waals surface area contributed by atoms with Gasteiger partial charge in [-0.2, -0.15) is 35.7 Å². The van der Waals surface area contributed by atoms with Gasteiger partial charge >= 0.3 is 16.4 Å². The molecule has 0 aliphatic carbocycles. The predicted molar refractivity (Wildman–Crippen MR) is 132 cm³/mol. The van der Waals surface area contributed by atoms with Gasteiger partial charge in [0, 0.05) is 33.3 Å². The molecular weight excluding hydrogens is 544 g/mol. The fourth-order valence-electron chi connectivity index (χ4n) is 4.06. The van der Waals surface area contributed by atoms with E-state index in [0.717, 1.165) is 31.8 Å². The molecule has 0 spiro atoms. The zero-order valence-electron chi connectivity index (χ0n) is 20.7. The van der Waals surface area contributed by atoms with Gasteiger partial charge in [0.2, 0.25) is 0 Å². The van der Waals surface area contributed by atoms with Crippen LogP contribution < -0.4 is 11.1 Å². The maximum atomic E-state index is 14.4. The molecule has 2 aromatic carbocycles. The zero-order valence-corrected chi connectivity index (χ0v) is 21.5. The van der Waals surface area contributed by atoms with Crippen LogP contribution in [-0.4, -0.2) is 58.9 Å². The molecule has 3 N–H and O–H groups in total. The Kier molecular flexibility index (Phi) is 7.51. The number of nitrogens with zero attached hydrogens (tertiary/aromatic N) is 4. The van der Waals surface area contributed by atoms with E-state index in [-0.39, 0.29) is 16.7 Å². The molecule has 15 heteroatoms. The Morgan fingerprint density at radius 2 is 1.72 bits per heavy atom. The minimum atomic E-state index is -5.10. The number of rotatable bonds is 8. The number of benzene rings is 2. The summed E-state index contributed by atoms with van der Waals surface area (Å²) in [6.45, 7) is 0.389. The first-order valence-corrected chi connectivity index (χ1v) is 12.9. The fourth-order valence-corrected chi connectivity index (χ4v) is 5.27. The lowest BCUT2D eigenvalue weighted by Crippen LogP contribution is -2.64. The van der Waals surface area contributed by atoms with Crippen LogP contribution in [0, 0.1) is 11.7 Å². The number of hydrogen-bond donors (Lipinski definition) is 2. The van der Waals surface area contributed by atoms with E-state index in [0.29, 0.717) is 21.1 Å². The van der Waals surface area contributed by atoms with Gasteiger partial charge in [0.05, 0.1) is 11.3 Å². The van der Waals surface area contributed by atoms with Gasteiger partial charge in [-0.3, -0.25) is 9.59 Å². The molecule has 1 aliphatic heterocycles. The number of nitrogens with two attached hydrogens (primary N) is 1. The van der Waals surface area contributed by atoms with Crippen LogP contribution in [0.4, 0.5) is 23.4 Å². The van der Waals surface area contributed by atoms with Crippen molar-refractivity contribution in [2.24, 2.45) is 11.7 Å². The highest BCUT2D eigenvalue weighted by molar-refractivity contribution is 7.87. The third-order valence-electron chi connectivity index (χ3n) is 6.17. The first kappa shape index (κ1) is 28.2. The lowest BCUT2D eigenvalue weighted by Gasteiger charge is -2.45. The third kappa shape index (κ3) is 5.24. The van der Waals surface area contributed by atoms with E-state index in [1.165, 1.54) is 18.2 Å². The van der Waals surface area contributed by atoms with Crippen LogP contribution in [0.1, 0.15) is 33.2 Å². The molecule has 1 aromatic heterocycles. The van der Waals surface area contributed by atoms with E-state index >= 15 is 0 Å². The second-order valence-corrected chi connectivity index (χ2v) is 10.9. The minimum absolute atomic E-state index is 0.0759. The van der Waals surface area contributed by atoms with Crippen LogP contribution >= 0.6 is 0 Å². The molecule has 3 aromatic rings. The van der Waals surface area contributed by atoms with Gasteiger partial charge in [-0.1, -0.05) is 36.4 Å². The van der Waals surface area contributed by atoms with Crippen molar-refractivity contribution < 1.29 is 35.6 Å². The van der Waals surface area contributed by atoms with Crippen molar-refractivity contribution in [3.05, 3.63) is 82.8 Å². The molecule has 2 unspecified atom stereocenters. The van der Waals surface area contributed by atoms with Crippen molar-refractivity contribution in [1.82, 2.24) is 18.4 Å². The maximum Gasteiger partial charge on any atom is 0.402 e. The SMILES string of the molecule is CN(C)S(=O)(=O)N1C(=O)C(C(F)(F)F)C1c1cc(NCc2ccc(CN)cc2)n(C(=O)c2ccccc2F)n1. The molecule has 2 heterocycles. The van der Waals surface area contributed by atoms with E-state index in [9.17, 15) is 35.6 Å². The highest BCUT2D eigenvalue weighted by atomic mass is 32.2. The van der Waals surface area contributed by atoms with Crippen LogP contribution in [0.25, 0.3) is 0 Å². The summed E-state index contributed by atoms with van der Waals surface area (Å²) in [5.41, 5.74) is 6.23. The van der Waals surface area contributed by atoms with Gasteiger partial charge in [0.15, 0.2) is 5.92 Å². The predicted octanol–water partition coefficient (Wildman–Crippen LogP) is 2.65. The van der Waals surface area contributed by atoms with Gasteiger partial charge in [0.25, 0.3) is 11.8 Å². The minimum Gasteiger partial charge on any atom is -0.366 e. The van der Waals surface area contributed by atoms with Crippen molar-refractivity contribution in [2.75, 3.05) is 19.4 Å². The summed E-state index contributed by atoms with van der Waals surface area (Å²) >= 11 is 0. The third-order valence-corrected chi connectivity index (χ3v) is 8.00. The van der Waals surface area contributed by atoms with Crippen molar-refractivity contribution in [1.29, 1.82) is 0 Å². The number of alkyl halides is 3. The summed E-state index contributed by atoms with van der Waals surface area (Å²) in [5.74, 6) is -6.44. The summed E-state index contributed by atoms with van der Waals surface area (Å²) in [6.07, 6.45) is -5.10. The summed E-state index contributed by atoms with van der Waals surface area (Å²) in [6, 6.07) is 10.9. The van der Waals surface area contributed by atoms with Gasteiger partial charge in [-0.05, 0) is 23.3 Å². The largest absolute Gasteiger partial charge is 0.402 e. The molecule has 0 bridgehead atoms. The van der Waals surface area contributed by atoms with Gasteiger partial charge in [-0.15, -0.1) is 0 Å². The first-order valence-electron chi connectivity index (χ1n) is 11.5. The molecule has 0 saturated carbocycles. The number of amides is 1. The molecule has 1 saturated heterocycles. The lowest BCUT2D eigenvalue weighted by atomic mass is 9.87. The average molecular weight is 569 g/mol. The van der Waals surface area contributed by atoms with Gasteiger partial charge in [0.1, 0.15) is 17.7 Å². The molecule has 10 nitrogen and oxygen atoms in total. The Bertz CT molecular complexity index is 1510. The van der Waals surface area contributed by atoms with Crippen LogP contribution in [-0.2, 0) is 28.1 Å². The van der Waals surface area contributed by atoms with E-state index in [2.05, 4.69) is 10.4 Å². The Morgan fingerprint density at radius 3 is 2.28 bits per heavy atom. The number of carbonyl (C=O) groups excluding carboxylic acids is 2. The first-order chi connectivity index (χ1) is 18.3. The molecule has 208 valence electrons. The molecule has 2 atom stereocenters. The highest BCUT2D eigenvalue weighted by Crippen LogP contribution is 2.50. The topological polar surface area (TPSA) is 131 Å².